The Labute approximate surface area is 141 Å². The molecule has 1 atom stereocenters. The number of fused-ring (bicyclic) bond motifs is 4. The van der Waals surface area contributed by atoms with E-state index in [0.717, 1.165) is 13.1 Å². The number of piperidine rings is 3. The van der Waals surface area contributed by atoms with Crippen LogP contribution in [-0.2, 0) is 0 Å². The van der Waals surface area contributed by atoms with Gasteiger partial charge in [-0.3, -0.25) is 4.79 Å². The van der Waals surface area contributed by atoms with Gasteiger partial charge in [0.25, 0.3) is 11.9 Å². The second kappa shape index (κ2) is 6.09. The molecule has 5 rings (SSSR count). The zero-order valence-corrected chi connectivity index (χ0v) is 14.3. The first-order valence-corrected chi connectivity index (χ1v) is 8.79. The van der Waals surface area contributed by atoms with Gasteiger partial charge in [-0.15, -0.1) is 0 Å². The summed E-state index contributed by atoms with van der Waals surface area (Å²) in [6, 6.07) is 6.35. The maximum Gasteiger partial charge on any atom is 0.298 e. The predicted molar refractivity (Wildman–Crippen MR) is 93.4 cm³/mol. The van der Waals surface area contributed by atoms with Gasteiger partial charge in [-0.2, -0.15) is 4.98 Å². The Bertz CT molecular complexity index is 749. The molecule has 0 aliphatic carbocycles. The van der Waals surface area contributed by atoms with Crippen molar-refractivity contribution in [2.45, 2.75) is 25.8 Å². The number of anilines is 1. The third-order valence-corrected chi connectivity index (χ3v) is 5.43. The van der Waals surface area contributed by atoms with Crippen LogP contribution in [0.3, 0.4) is 0 Å². The smallest absolute Gasteiger partial charge is 0.298 e. The summed E-state index contributed by atoms with van der Waals surface area (Å²) in [7, 11) is 1.93. The normalized spacial score (nSPS) is 25.8. The molecule has 2 bridgehead atoms. The van der Waals surface area contributed by atoms with E-state index >= 15 is 0 Å². The van der Waals surface area contributed by atoms with E-state index in [1.54, 1.807) is 0 Å². The minimum absolute atomic E-state index is 0.0432. The quantitative estimate of drug-likeness (QED) is 0.931. The average molecular weight is 328 g/mol. The lowest BCUT2D eigenvalue weighted by Gasteiger charge is -2.44. The molecular formula is C18H24N4O2. The molecule has 0 radical (unpaired) electrons. The van der Waals surface area contributed by atoms with Crippen molar-refractivity contribution in [3.63, 3.8) is 0 Å². The van der Waals surface area contributed by atoms with E-state index in [0.29, 0.717) is 28.6 Å². The molecule has 1 amide bonds. The fourth-order valence-corrected chi connectivity index (χ4v) is 3.79. The van der Waals surface area contributed by atoms with E-state index in [1.165, 1.54) is 25.9 Å². The molecule has 1 N–H and O–H groups in total. The number of oxazole rings is 1. The van der Waals surface area contributed by atoms with Crippen molar-refractivity contribution < 1.29 is 9.21 Å². The number of nitrogens with one attached hydrogen (secondary N) is 1. The number of amides is 1. The number of hydrogen-bond acceptors (Lipinski definition) is 5. The van der Waals surface area contributed by atoms with Crippen LogP contribution in [-0.4, -0.2) is 55.1 Å². The van der Waals surface area contributed by atoms with Gasteiger partial charge in [-0.25, -0.2) is 0 Å². The third-order valence-electron chi connectivity index (χ3n) is 5.43. The maximum absolute atomic E-state index is 12.8. The van der Waals surface area contributed by atoms with Crippen molar-refractivity contribution in [2.24, 2.45) is 5.92 Å². The molecule has 4 heterocycles. The van der Waals surface area contributed by atoms with Crippen LogP contribution >= 0.6 is 0 Å². The summed E-state index contributed by atoms with van der Waals surface area (Å²) in [6.45, 7) is 6.14. The van der Waals surface area contributed by atoms with Crippen LogP contribution in [0.15, 0.2) is 22.6 Å². The van der Waals surface area contributed by atoms with Crippen LogP contribution in [0.2, 0.25) is 0 Å². The monoisotopic (exact) mass is 328 g/mol. The number of aromatic nitrogens is 1. The molecule has 0 saturated carbocycles. The van der Waals surface area contributed by atoms with Gasteiger partial charge in [0.2, 0.25) is 0 Å². The third kappa shape index (κ3) is 2.65. The van der Waals surface area contributed by atoms with E-state index in [4.69, 9.17) is 4.42 Å². The lowest BCUT2D eigenvalue weighted by molar-refractivity contribution is 0.0621. The number of carbonyl (C=O) groups excluding carboxylic acids is 1. The minimum Gasteiger partial charge on any atom is -0.423 e. The Hall–Kier alpha value is -2.08. The number of hydrogen-bond donors (Lipinski definition) is 1. The number of nitrogens with zero attached hydrogens (tertiary/aromatic N) is 3. The van der Waals surface area contributed by atoms with Gasteiger partial charge in [0, 0.05) is 26.2 Å². The zero-order valence-electron chi connectivity index (χ0n) is 14.3. The van der Waals surface area contributed by atoms with Gasteiger partial charge < -0.3 is 19.5 Å². The van der Waals surface area contributed by atoms with E-state index in [9.17, 15) is 4.79 Å². The summed E-state index contributed by atoms with van der Waals surface area (Å²) in [5, 5.41) is 3.24. The second-order valence-electron chi connectivity index (χ2n) is 6.88. The topological polar surface area (TPSA) is 61.6 Å². The predicted octanol–water partition coefficient (Wildman–Crippen LogP) is 2.11. The van der Waals surface area contributed by atoms with Crippen LogP contribution in [0.5, 0.6) is 0 Å². The van der Waals surface area contributed by atoms with E-state index < -0.39 is 0 Å². The van der Waals surface area contributed by atoms with Gasteiger partial charge >= 0.3 is 0 Å². The van der Waals surface area contributed by atoms with E-state index in [1.807, 2.05) is 37.1 Å². The largest absolute Gasteiger partial charge is 0.423 e. The summed E-state index contributed by atoms with van der Waals surface area (Å²) in [6.07, 6.45) is 2.37. The van der Waals surface area contributed by atoms with Gasteiger partial charge in [-0.05, 0) is 50.9 Å². The molecule has 1 aromatic carbocycles. The average Bonchev–Trinajstić information content (AvgIpc) is 3.06. The van der Waals surface area contributed by atoms with Gasteiger partial charge in [-0.1, -0.05) is 6.07 Å². The molecule has 3 aliphatic rings. The summed E-state index contributed by atoms with van der Waals surface area (Å²) >= 11 is 0. The molecule has 3 fully saturated rings. The highest BCUT2D eigenvalue weighted by Crippen LogP contribution is 2.28. The molecule has 0 unspecified atom stereocenters. The number of rotatable bonds is 4. The first-order chi connectivity index (χ1) is 11.7. The number of carbonyl (C=O) groups is 1. The Balaban J connectivity index is 1.59. The lowest BCUT2D eigenvalue weighted by atomic mass is 9.84. The van der Waals surface area contributed by atoms with E-state index in [2.05, 4.69) is 15.2 Å². The van der Waals surface area contributed by atoms with Gasteiger partial charge in [0.05, 0.1) is 5.56 Å². The molecule has 24 heavy (non-hydrogen) atoms. The summed E-state index contributed by atoms with van der Waals surface area (Å²) < 4.78 is 5.78. The van der Waals surface area contributed by atoms with Gasteiger partial charge in [0.15, 0.2) is 5.58 Å². The molecule has 6 nitrogen and oxygen atoms in total. The van der Waals surface area contributed by atoms with Crippen molar-refractivity contribution in [1.82, 2.24) is 15.2 Å². The Kier molecular flexibility index (Phi) is 3.92. The molecule has 6 heteroatoms. The van der Waals surface area contributed by atoms with Crippen molar-refractivity contribution in [3.8, 4) is 0 Å². The standard InChI is InChI=1S/C18H24N4O2/c1-3-21(2)18-20-16-13(5-4-6-15(16)24-18)17(23)19-14-11-22-9-7-12(14)8-10-22/h4-6,12,14H,3,7-11H2,1-2H3,(H,19,23)/t14-/m1/s1. The summed E-state index contributed by atoms with van der Waals surface area (Å²) in [4.78, 5) is 21.7. The van der Waals surface area contributed by atoms with Crippen molar-refractivity contribution in [3.05, 3.63) is 23.8 Å². The van der Waals surface area contributed by atoms with Crippen LogP contribution in [0, 0.1) is 5.92 Å². The van der Waals surface area contributed by atoms with Gasteiger partial charge in [0.1, 0.15) is 5.52 Å². The first kappa shape index (κ1) is 15.4. The highest BCUT2D eigenvalue weighted by molar-refractivity contribution is 6.04. The first-order valence-electron chi connectivity index (χ1n) is 8.79. The fraction of sp³-hybridized carbons (Fsp3) is 0.556. The van der Waals surface area contributed by atoms with Crippen molar-refractivity contribution >= 4 is 23.0 Å². The molecule has 128 valence electrons. The fourth-order valence-electron chi connectivity index (χ4n) is 3.79. The molecule has 1 aromatic heterocycles. The minimum atomic E-state index is -0.0432. The summed E-state index contributed by atoms with van der Waals surface area (Å²) in [5.74, 6) is 0.565. The molecule has 3 aliphatic heterocycles. The Morgan fingerprint density at radius 3 is 2.88 bits per heavy atom. The summed E-state index contributed by atoms with van der Waals surface area (Å²) in [5.41, 5.74) is 1.90. The molecular weight excluding hydrogens is 304 g/mol. The molecule has 3 saturated heterocycles. The number of para-hydroxylation sites is 1. The van der Waals surface area contributed by atoms with Crippen molar-refractivity contribution in [2.75, 3.05) is 38.1 Å². The molecule has 0 spiro atoms. The maximum atomic E-state index is 12.8. The highest BCUT2D eigenvalue weighted by atomic mass is 16.4. The number of benzene rings is 1. The highest BCUT2D eigenvalue weighted by Gasteiger charge is 2.35. The van der Waals surface area contributed by atoms with Crippen LogP contribution in [0.4, 0.5) is 6.01 Å². The zero-order chi connectivity index (χ0) is 16.7. The Morgan fingerprint density at radius 2 is 2.21 bits per heavy atom. The van der Waals surface area contributed by atoms with E-state index in [-0.39, 0.29) is 11.9 Å². The SMILES string of the molecule is CCN(C)c1nc2c(C(=O)N[C@@H]3CN4CCC3CC4)cccc2o1. The molecule has 2 aromatic rings. The lowest BCUT2D eigenvalue weighted by Crippen LogP contribution is -2.57. The van der Waals surface area contributed by atoms with Crippen molar-refractivity contribution in [1.29, 1.82) is 0 Å². The van der Waals surface area contributed by atoms with Crippen LogP contribution in [0.25, 0.3) is 11.1 Å². The second-order valence-corrected chi connectivity index (χ2v) is 6.88. The van der Waals surface area contributed by atoms with Crippen LogP contribution in [0.1, 0.15) is 30.1 Å². The Morgan fingerprint density at radius 1 is 1.42 bits per heavy atom. The van der Waals surface area contributed by atoms with Crippen LogP contribution < -0.4 is 10.2 Å².